The van der Waals surface area contributed by atoms with E-state index in [-0.39, 0.29) is 16.9 Å². The van der Waals surface area contributed by atoms with E-state index in [1.807, 2.05) is 11.6 Å². The lowest BCUT2D eigenvalue weighted by molar-refractivity contribution is 0.256. The van der Waals surface area contributed by atoms with Gasteiger partial charge in [0.25, 0.3) is 10.0 Å². The van der Waals surface area contributed by atoms with Crippen LogP contribution in [0.5, 0.6) is 6.01 Å². The maximum Gasteiger partial charge on any atom is 0.335 e. The molecule has 0 aliphatic heterocycles. The number of benzene rings is 1. The molecule has 0 aliphatic carbocycles. The molecule has 0 saturated carbocycles. The molecule has 0 bridgehead atoms. The first kappa shape index (κ1) is 18.6. The molecule has 0 aliphatic rings. The van der Waals surface area contributed by atoms with Gasteiger partial charge in [-0.25, -0.2) is 17.9 Å². The van der Waals surface area contributed by atoms with Crippen molar-refractivity contribution in [2.24, 2.45) is 0 Å². The summed E-state index contributed by atoms with van der Waals surface area (Å²) in [4.78, 5) is 24.1. The molecule has 10 heteroatoms. The lowest BCUT2D eigenvalue weighted by Crippen LogP contribution is -2.35. The second-order valence-electron chi connectivity index (χ2n) is 4.97. The van der Waals surface area contributed by atoms with Crippen LogP contribution in [-0.2, 0) is 16.4 Å². The molecule has 25 heavy (non-hydrogen) atoms. The Labute approximate surface area is 145 Å². The van der Waals surface area contributed by atoms with Crippen LogP contribution < -0.4 is 14.8 Å². The first-order valence-corrected chi connectivity index (χ1v) is 9.11. The van der Waals surface area contributed by atoms with Crippen LogP contribution in [0, 0.1) is 6.92 Å². The molecule has 0 spiro atoms. The Bertz CT molecular complexity index is 870. The SMILES string of the molecule is CCOc1nc(CC)nc(NC(=O)NS(=O)(=O)c2ccccc2C)n1. The largest absolute Gasteiger partial charge is 0.464 e. The van der Waals surface area contributed by atoms with Gasteiger partial charge in [-0.15, -0.1) is 0 Å². The van der Waals surface area contributed by atoms with Crippen LogP contribution in [-0.4, -0.2) is 36.0 Å². The number of hydrogen-bond acceptors (Lipinski definition) is 7. The second kappa shape index (κ2) is 7.88. The highest BCUT2D eigenvalue weighted by Crippen LogP contribution is 2.14. The fourth-order valence-corrected chi connectivity index (χ4v) is 3.12. The monoisotopic (exact) mass is 365 g/mol. The van der Waals surface area contributed by atoms with Gasteiger partial charge in [0.2, 0.25) is 5.95 Å². The van der Waals surface area contributed by atoms with Crippen molar-refractivity contribution in [3.8, 4) is 6.01 Å². The molecule has 9 nitrogen and oxygen atoms in total. The van der Waals surface area contributed by atoms with Gasteiger partial charge in [-0.2, -0.15) is 15.0 Å². The Morgan fingerprint density at radius 3 is 2.52 bits per heavy atom. The number of sulfonamides is 1. The van der Waals surface area contributed by atoms with Gasteiger partial charge in [0.1, 0.15) is 5.82 Å². The van der Waals surface area contributed by atoms with Gasteiger partial charge in [0, 0.05) is 6.42 Å². The van der Waals surface area contributed by atoms with Gasteiger partial charge < -0.3 is 4.74 Å². The molecule has 1 heterocycles. The van der Waals surface area contributed by atoms with Crippen molar-refractivity contribution < 1.29 is 17.9 Å². The van der Waals surface area contributed by atoms with E-state index in [1.54, 1.807) is 32.0 Å². The van der Waals surface area contributed by atoms with Gasteiger partial charge in [0.15, 0.2) is 0 Å². The van der Waals surface area contributed by atoms with E-state index in [0.717, 1.165) is 0 Å². The third-order valence-electron chi connectivity index (χ3n) is 3.09. The average molecular weight is 365 g/mol. The molecular formula is C15H19N5O4S. The number of carbonyl (C=O) groups excluding carboxylic acids is 1. The van der Waals surface area contributed by atoms with Gasteiger partial charge in [-0.3, -0.25) is 5.32 Å². The summed E-state index contributed by atoms with van der Waals surface area (Å²) in [6, 6.07) is 5.43. The Morgan fingerprint density at radius 2 is 1.88 bits per heavy atom. The summed E-state index contributed by atoms with van der Waals surface area (Å²) in [6.45, 7) is 5.59. The summed E-state index contributed by atoms with van der Waals surface area (Å²) in [5, 5.41) is 2.29. The van der Waals surface area contributed by atoms with E-state index >= 15 is 0 Å². The van der Waals surface area contributed by atoms with Crippen LogP contribution in [0.1, 0.15) is 25.2 Å². The second-order valence-corrected chi connectivity index (χ2v) is 6.62. The van der Waals surface area contributed by atoms with Crippen molar-refractivity contribution in [1.82, 2.24) is 19.7 Å². The fourth-order valence-electron chi connectivity index (χ4n) is 1.97. The number of nitrogens with one attached hydrogen (secondary N) is 2. The predicted molar refractivity (Wildman–Crippen MR) is 90.9 cm³/mol. The van der Waals surface area contributed by atoms with E-state index in [2.05, 4.69) is 20.3 Å². The molecule has 2 rings (SSSR count). The lowest BCUT2D eigenvalue weighted by Gasteiger charge is -2.10. The molecule has 2 amide bonds. The number of rotatable bonds is 6. The first-order chi connectivity index (χ1) is 11.9. The molecule has 0 fully saturated rings. The number of urea groups is 1. The highest BCUT2D eigenvalue weighted by molar-refractivity contribution is 7.90. The molecular weight excluding hydrogens is 346 g/mol. The Hall–Kier alpha value is -2.75. The topological polar surface area (TPSA) is 123 Å². The summed E-state index contributed by atoms with van der Waals surface area (Å²) in [5.41, 5.74) is 0.523. The third kappa shape index (κ3) is 4.86. The number of aryl methyl sites for hydroxylation is 2. The summed E-state index contributed by atoms with van der Waals surface area (Å²) < 4.78 is 31.7. The van der Waals surface area contributed by atoms with Crippen LogP contribution in [0.15, 0.2) is 29.2 Å². The quantitative estimate of drug-likeness (QED) is 0.798. The van der Waals surface area contributed by atoms with E-state index in [4.69, 9.17) is 4.74 Å². The van der Waals surface area contributed by atoms with E-state index in [1.165, 1.54) is 6.07 Å². The van der Waals surface area contributed by atoms with Crippen LogP contribution in [0.3, 0.4) is 0 Å². The van der Waals surface area contributed by atoms with E-state index in [9.17, 15) is 13.2 Å². The van der Waals surface area contributed by atoms with E-state index in [0.29, 0.717) is 24.4 Å². The Morgan fingerprint density at radius 1 is 1.16 bits per heavy atom. The summed E-state index contributed by atoms with van der Waals surface area (Å²) >= 11 is 0. The Balaban J connectivity index is 2.17. The average Bonchev–Trinajstić information content (AvgIpc) is 2.54. The maximum absolute atomic E-state index is 12.3. The highest BCUT2D eigenvalue weighted by atomic mass is 32.2. The molecule has 134 valence electrons. The van der Waals surface area contributed by atoms with Gasteiger partial charge in [0.05, 0.1) is 11.5 Å². The van der Waals surface area contributed by atoms with E-state index < -0.39 is 16.1 Å². The van der Waals surface area contributed by atoms with Crippen molar-refractivity contribution in [1.29, 1.82) is 0 Å². The number of nitrogens with zero attached hydrogens (tertiary/aromatic N) is 3. The zero-order chi connectivity index (χ0) is 18.4. The number of hydrogen-bond donors (Lipinski definition) is 2. The smallest absolute Gasteiger partial charge is 0.335 e. The third-order valence-corrected chi connectivity index (χ3v) is 4.58. The molecule has 0 radical (unpaired) electrons. The van der Waals surface area contributed by atoms with Gasteiger partial charge in [-0.1, -0.05) is 25.1 Å². The predicted octanol–water partition coefficient (Wildman–Crippen LogP) is 1.65. The van der Waals surface area contributed by atoms with Crippen LogP contribution in [0.25, 0.3) is 0 Å². The van der Waals surface area contributed by atoms with Crippen molar-refractivity contribution in [3.63, 3.8) is 0 Å². The Kier molecular flexibility index (Phi) is 5.86. The molecule has 1 aromatic carbocycles. The number of aromatic nitrogens is 3. The number of anilines is 1. The molecule has 1 aromatic heterocycles. The standard InChI is InChI=1S/C15H19N5O4S/c1-4-12-16-13(19-15(17-12)24-5-2)18-14(21)20-25(22,23)11-9-7-6-8-10(11)3/h6-9H,4-5H2,1-3H3,(H2,16,17,18,19,20,21). The van der Waals surface area contributed by atoms with Crippen LogP contribution in [0.4, 0.5) is 10.7 Å². The number of ether oxygens (including phenoxy) is 1. The summed E-state index contributed by atoms with van der Waals surface area (Å²) in [5.74, 6) is 0.322. The number of amides is 2. The zero-order valence-corrected chi connectivity index (χ0v) is 14.9. The zero-order valence-electron chi connectivity index (χ0n) is 14.1. The lowest BCUT2D eigenvalue weighted by atomic mass is 10.2. The highest BCUT2D eigenvalue weighted by Gasteiger charge is 2.20. The number of carbonyl (C=O) groups is 1. The fraction of sp³-hybridized carbons (Fsp3) is 0.333. The van der Waals surface area contributed by atoms with Crippen molar-refractivity contribution in [3.05, 3.63) is 35.7 Å². The summed E-state index contributed by atoms with van der Waals surface area (Å²) in [7, 11) is -4.01. The van der Waals surface area contributed by atoms with Crippen molar-refractivity contribution in [2.75, 3.05) is 11.9 Å². The van der Waals surface area contributed by atoms with Crippen LogP contribution >= 0.6 is 0 Å². The first-order valence-electron chi connectivity index (χ1n) is 7.63. The molecule has 2 N–H and O–H groups in total. The molecule has 0 saturated heterocycles. The minimum Gasteiger partial charge on any atom is -0.464 e. The molecule has 0 unspecified atom stereocenters. The molecule has 2 aromatic rings. The minimum absolute atomic E-state index is 0.0186. The van der Waals surface area contributed by atoms with Crippen molar-refractivity contribution in [2.45, 2.75) is 32.1 Å². The normalized spacial score (nSPS) is 11.0. The molecule has 0 atom stereocenters. The summed E-state index contributed by atoms with van der Waals surface area (Å²) in [6.07, 6.45) is 0.500. The van der Waals surface area contributed by atoms with Gasteiger partial charge in [-0.05, 0) is 25.5 Å². The minimum atomic E-state index is -4.01. The maximum atomic E-state index is 12.3. The van der Waals surface area contributed by atoms with Crippen molar-refractivity contribution >= 4 is 22.0 Å². The van der Waals surface area contributed by atoms with Crippen LogP contribution in [0.2, 0.25) is 0 Å². The van der Waals surface area contributed by atoms with Gasteiger partial charge >= 0.3 is 12.0 Å².